The van der Waals surface area contributed by atoms with Crippen LogP contribution in [0.1, 0.15) is 39.2 Å². The number of halogens is 1. The highest BCUT2D eigenvalue weighted by Crippen LogP contribution is 2.54. The summed E-state index contributed by atoms with van der Waals surface area (Å²) in [5, 5.41) is 0.254. The van der Waals surface area contributed by atoms with Gasteiger partial charge in [-0.1, -0.05) is 32.0 Å². The number of para-hydroxylation sites is 1. The van der Waals surface area contributed by atoms with Crippen molar-refractivity contribution in [3.63, 3.8) is 0 Å². The zero-order chi connectivity index (χ0) is 13.0. The van der Waals surface area contributed by atoms with Crippen molar-refractivity contribution in [2.45, 2.75) is 51.0 Å². The summed E-state index contributed by atoms with van der Waals surface area (Å²) in [4.78, 5) is 0. The monoisotopic (exact) mass is 264 g/mol. The molecular formula is C16H21ClO. The quantitative estimate of drug-likeness (QED) is 0.630. The van der Waals surface area contributed by atoms with Gasteiger partial charge < -0.3 is 4.74 Å². The van der Waals surface area contributed by atoms with Gasteiger partial charge in [-0.2, -0.15) is 0 Å². The van der Waals surface area contributed by atoms with Crippen molar-refractivity contribution in [2.75, 3.05) is 0 Å². The SMILES string of the molecule is CC1(C)[C@@H](Cl)CC[C@]2(C)Oc3ccccc3C[C@@H]12. The van der Waals surface area contributed by atoms with Gasteiger partial charge in [0.05, 0.1) is 0 Å². The van der Waals surface area contributed by atoms with Crippen molar-refractivity contribution in [1.29, 1.82) is 0 Å². The molecule has 18 heavy (non-hydrogen) atoms. The van der Waals surface area contributed by atoms with E-state index in [4.69, 9.17) is 16.3 Å². The molecule has 0 N–H and O–H groups in total. The molecule has 0 spiro atoms. The van der Waals surface area contributed by atoms with Crippen LogP contribution in [-0.4, -0.2) is 11.0 Å². The van der Waals surface area contributed by atoms with Crippen LogP contribution >= 0.6 is 11.6 Å². The molecule has 0 bridgehead atoms. The topological polar surface area (TPSA) is 9.23 Å². The Bertz CT molecular complexity index is 468. The number of benzene rings is 1. The number of rotatable bonds is 0. The van der Waals surface area contributed by atoms with Gasteiger partial charge in [0.25, 0.3) is 0 Å². The fourth-order valence-electron chi connectivity index (χ4n) is 3.81. The molecule has 2 aliphatic rings. The fraction of sp³-hybridized carbons (Fsp3) is 0.625. The average Bonchev–Trinajstić information content (AvgIpc) is 2.33. The third-order valence-corrected chi connectivity index (χ3v) is 5.86. The Morgan fingerprint density at radius 3 is 2.72 bits per heavy atom. The lowest BCUT2D eigenvalue weighted by molar-refractivity contribution is -0.0793. The normalized spacial score (nSPS) is 37.3. The highest BCUT2D eigenvalue weighted by Gasteiger charge is 2.54. The van der Waals surface area contributed by atoms with Gasteiger partial charge in [0.15, 0.2) is 0 Å². The second kappa shape index (κ2) is 3.90. The standard InChI is InChI=1S/C16H21ClO/c1-15(2)13-10-11-6-4-5-7-12(11)18-16(13,3)9-8-14(15)17/h4-7,13-14H,8-10H2,1-3H3/t13-,14-,16-/m0/s1. The molecule has 1 heterocycles. The van der Waals surface area contributed by atoms with Crippen LogP contribution in [0.2, 0.25) is 0 Å². The molecule has 0 aromatic heterocycles. The fourth-order valence-corrected chi connectivity index (χ4v) is 4.07. The van der Waals surface area contributed by atoms with Crippen molar-refractivity contribution in [2.24, 2.45) is 11.3 Å². The highest BCUT2D eigenvalue weighted by molar-refractivity contribution is 6.21. The van der Waals surface area contributed by atoms with E-state index in [9.17, 15) is 0 Å². The third kappa shape index (κ3) is 1.67. The van der Waals surface area contributed by atoms with Crippen LogP contribution in [0.4, 0.5) is 0 Å². The van der Waals surface area contributed by atoms with Gasteiger partial charge in [-0.15, -0.1) is 11.6 Å². The Kier molecular flexibility index (Phi) is 2.68. The molecule has 1 aliphatic carbocycles. The van der Waals surface area contributed by atoms with Crippen molar-refractivity contribution >= 4 is 11.6 Å². The lowest BCUT2D eigenvalue weighted by Crippen LogP contribution is -2.57. The van der Waals surface area contributed by atoms with Gasteiger partial charge >= 0.3 is 0 Å². The molecule has 0 radical (unpaired) electrons. The van der Waals surface area contributed by atoms with Gasteiger partial charge in [0, 0.05) is 11.3 Å². The summed E-state index contributed by atoms with van der Waals surface area (Å²) in [5.41, 5.74) is 1.41. The summed E-state index contributed by atoms with van der Waals surface area (Å²) >= 11 is 6.56. The largest absolute Gasteiger partial charge is 0.487 e. The minimum atomic E-state index is -0.0523. The van der Waals surface area contributed by atoms with Crippen LogP contribution in [0.3, 0.4) is 0 Å². The molecular weight excluding hydrogens is 244 g/mol. The number of alkyl halides is 1. The predicted molar refractivity (Wildman–Crippen MR) is 75.3 cm³/mol. The van der Waals surface area contributed by atoms with E-state index in [0.29, 0.717) is 5.92 Å². The molecule has 0 saturated heterocycles. The van der Waals surface area contributed by atoms with Crippen LogP contribution in [0.25, 0.3) is 0 Å². The smallest absolute Gasteiger partial charge is 0.123 e. The van der Waals surface area contributed by atoms with Gasteiger partial charge in [0.2, 0.25) is 0 Å². The third-order valence-electron chi connectivity index (χ3n) is 5.08. The summed E-state index contributed by atoms with van der Waals surface area (Å²) in [6.07, 6.45) is 3.19. The summed E-state index contributed by atoms with van der Waals surface area (Å²) in [6, 6.07) is 8.43. The lowest BCUT2D eigenvalue weighted by Gasteiger charge is -2.55. The second-order valence-electron chi connectivity index (χ2n) is 6.61. The molecule has 0 unspecified atom stereocenters. The molecule has 98 valence electrons. The van der Waals surface area contributed by atoms with Gasteiger partial charge in [-0.3, -0.25) is 0 Å². The van der Waals surface area contributed by atoms with E-state index in [1.54, 1.807) is 0 Å². The first-order chi connectivity index (χ1) is 8.43. The van der Waals surface area contributed by atoms with E-state index in [1.165, 1.54) is 5.56 Å². The van der Waals surface area contributed by atoms with E-state index in [1.807, 2.05) is 0 Å². The number of hydrogen-bond acceptors (Lipinski definition) is 1. The van der Waals surface area contributed by atoms with Gasteiger partial charge in [-0.25, -0.2) is 0 Å². The van der Waals surface area contributed by atoms with E-state index < -0.39 is 0 Å². The second-order valence-corrected chi connectivity index (χ2v) is 7.13. The first-order valence-corrected chi connectivity index (χ1v) is 7.28. The van der Waals surface area contributed by atoms with E-state index in [0.717, 1.165) is 25.0 Å². The van der Waals surface area contributed by atoms with Crippen molar-refractivity contribution in [3.05, 3.63) is 29.8 Å². The molecule has 1 aromatic carbocycles. The van der Waals surface area contributed by atoms with Crippen LogP contribution in [0.5, 0.6) is 5.75 Å². The predicted octanol–water partition coefficient (Wildman–Crippen LogP) is 4.42. The van der Waals surface area contributed by atoms with Crippen LogP contribution in [0, 0.1) is 11.3 Å². The molecule has 1 saturated carbocycles. The maximum atomic E-state index is 6.56. The molecule has 1 fully saturated rings. The molecule has 1 aromatic rings. The summed E-state index contributed by atoms with van der Waals surface area (Å²) in [6.45, 7) is 6.85. The zero-order valence-corrected chi connectivity index (χ0v) is 12.1. The van der Waals surface area contributed by atoms with Gasteiger partial charge in [0.1, 0.15) is 11.4 Å². The Morgan fingerprint density at radius 1 is 1.22 bits per heavy atom. The number of ether oxygens (including phenoxy) is 1. The summed E-state index contributed by atoms with van der Waals surface area (Å²) in [7, 11) is 0. The van der Waals surface area contributed by atoms with E-state index in [2.05, 4.69) is 45.0 Å². The molecule has 3 rings (SSSR count). The first kappa shape index (κ1) is 12.3. The molecule has 0 amide bonds. The highest BCUT2D eigenvalue weighted by atomic mass is 35.5. The Morgan fingerprint density at radius 2 is 1.94 bits per heavy atom. The van der Waals surface area contributed by atoms with E-state index in [-0.39, 0.29) is 16.4 Å². The van der Waals surface area contributed by atoms with Gasteiger partial charge in [-0.05, 0) is 43.2 Å². The summed E-state index contributed by atoms with van der Waals surface area (Å²) in [5.74, 6) is 1.57. The van der Waals surface area contributed by atoms with Crippen molar-refractivity contribution < 1.29 is 4.74 Å². The molecule has 1 aliphatic heterocycles. The zero-order valence-electron chi connectivity index (χ0n) is 11.4. The molecule has 3 atom stereocenters. The first-order valence-electron chi connectivity index (χ1n) is 6.84. The number of fused-ring (bicyclic) bond motifs is 2. The maximum absolute atomic E-state index is 6.56. The molecule has 2 heteroatoms. The lowest BCUT2D eigenvalue weighted by atomic mass is 9.59. The van der Waals surface area contributed by atoms with Crippen LogP contribution < -0.4 is 4.74 Å². The Balaban J connectivity index is 2.04. The molecule has 1 nitrogen and oxygen atoms in total. The van der Waals surface area contributed by atoms with Crippen molar-refractivity contribution in [1.82, 2.24) is 0 Å². The number of hydrogen-bond donors (Lipinski definition) is 0. The van der Waals surface area contributed by atoms with Crippen LogP contribution in [0.15, 0.2) is 24.3 Å². The Hall–Kier alpha value is -0.690. The average molecular weight is 265 g/mol. The van der Waals surface area contributed by atoms with Crippen molar-refractivity contribution in [3.8, 4) is 5.75 Å². The minimum Gasteiger partial charge on any atom is -0.487 e. The van der Waals surface area contributed by atoms with E-state index >= 15 is 0 Å². The Labute approximate surface area is 114 Å². The maximum Gasteiger partial charge on any atom is 0.123 e. The minimum absolute atomic E-state index is 0.0523. The summed E-state index contributed by atoms with van der Waals surface area (Å²) < 4.78 is 6.35. The van der Waals surface area contributed by atoms with Crippen LogP contribution in [-0.2, 0) is 6.42 Å².